The summed E-state index contributed by atoms with van der Waals surface area (Å²) in [5.41, 5.74) is 4.05. The Balaban J connectivity index is 1.13. The van der Waals surface area contributed by atoms with E-state index in [2.05, 4.69) is 32.7 Å². The maximum atomic E-state index is 13.3. The van der Waals surface area contributed by atoms with E-state index in [4.69, 9.17) is 0 Å². The Morgan fingerprint density at radius 3 is 2.33 bits per heavy atom. The zero-order chi connectivity index (χ0) is 28.1. The number of piperidine rings is 1. The number of ether oxygens (including phenoxy) is 1. The van der Waals surface area contributed by atoms with Gasteiger partial charge < -0.3 is 24.3 Å². The van der Waals surface area contributed by atoms with Crippen LogP contribution in [0.1, 0.15) is 34.3 Å². The SMILES string of the molecule is CN1CN(c2ccccc2)C2(CCN(c3ccc4c(c3)CN(Cc3ccc(OC(F)(F)P)cc3)C4=O)CC2)C1=O. The van der Waals surface area contributed by atoms with Gasteiger partial charge in [-0.05, 0) is 75.7 Å². The Morgan fingerprint density at radius 2 is 1.65 bits per heavy atom. The highest BCUT2D eigenvalue weighted by Gasteiger charge is 2.52. The van der Waals surface area contributed by atoms with Crippen LogP contribution in [-0.2, 0) is 17.9 Å². The second kappa shape index (κ2) is 10.0. The molecule has 1 spiro atoms. The highest BCUT2D eigenvalue weighted by atomic mass is 31.0. The molecule has 3 aliphatic heterocycles. The normalized spacial score (nSPS) is 18.6. The highest BCUT2D eigenvalue weighted by molar-refractivity contribution is 7.17. The van der Waals surface area contributed by atoms with E-state index in [1.54, 1.807) is 17.0 Å². The lowest BCUT2D eigenvalue weighted by molar-refractivity contribution is -0.131. The van der Waals surface area contributed by atoms with E-state index in [1.807, 2.05) is 42.3 Å². The van der Waals surface area contributed by atoms with Crippen LogP contribution in [0.25, 0.3) is 0 Å². The molecule has 0 saturated carbocycles. The molecule has 1 unspecified atom stereocenters. The van der Waals surface area contributed by atoms with Crippen LogP contribution in [0.3, 0.4) is 0 Å². The molecule has 3 aromatic carbocycles. The molecule has 3 aromatic rings. The molecular formula is C30H31F2N4O3P. The molecule has 10 heteroatoms. The largest absolute Gasteiger partial charge is 0.430 e. The Morgan fingerprint density at radius 1 is 0.950 bits per heavy atom. The number of alkyl halides is 2. The van der Waals surface area contributed by atoms with Crippen molar-refractivity contribution in [3.05, 3.63) is 89.5 Å². The number of amides is 2. The number of nitrogens with zero attached hydrogens (tertiary/aromatic N) is 4. The number of likely N-dealkylation sites (N-methyl/N-ethyl adjacent to an activating group) is 1. The van der Waals surface area contributed by atoms with E-state index >= 15 is 0 Å². The van der Waals surface area contributed by atoms with Crippen molar-refractivity contribution in [2.24, 2.45) is 0 Å². The fraction of sp³-hybridized carbons (Fsp3) is 0.333. The molecule has 0 N–H and O–H groups in total. The third kappa shape index (κ3) is 4.87. The Bertz CT molecular complexity index is 1420. The second-order valence-electron chi connectivity index (χ2n) is 10.7. The molecule has 0 bridgehead atoms. The molecule has 208 valence electrons. The Hall–Kier alpha value is -3.71. The minimum absolute atomic E-state index is 0.0472. The molecule has 0 aromatic heterocycles. The molecule has 40 heavy (non-hydrogen) atoms. The third-order valence-electron chi connectivity index (χ3n) is 8.16. The van der Waals surface area contributed by atoms with Gasteiger partial charge in [-0.3, -0.25) is 9.59 Å². The summed E-state index contributed by atoms with van der Waals surface area (Å²) in [5, 5.41) is 0. The number of carbonyl (C=O) groups excluding carboxylic acids is 2. The molecular weight excluding hydrogens is 533 g/mol. The van der Waals surface area contributed by atoms with Gasteiger partial charge in [-0.15, -0.1) is 0 Å². The van der Waals surface area contributed by atoms with Gasteiger partial charge in [-0.2, -0.15) is 8.78 Å². The van der Waals surface area contributed by atoms with Crippen molar-refractivity contribution >= 4 is 32.4 Å². The predicted octanol–water partition coefficient (Wildman–Crippen LogP) is 4.92. The van der Waals surface area contributed by atoms with E-state index in [0.717, 1.165) is 48.4 Å². The fourth-order valence-electron chi connectivity index (χ4n) is 6.17. The van der Waals surface area contributed by atoms with Crippen molar-refractivity contribution in [1.82, 2.24) is 9.80 Å². The highest BCUT2D eigenvalue weighted by Crippen LogP contribution is 2.40. The number of fused-ring (bicyclic) bond motifs is 1. The van der Waals surface area contributed by atoms with Crippen molar-refractivity contribution in [3.63, 3.8) is 0 Å². The summed E-state index contributed by atoms with van der Waals surface area (Å²) in [7, 11) is 3.22. The van der Waals surface area contributed by atoms with Crippen LogP contribution in [0, 0.1) is 0 Å². The summed E-state index contributed by atoms with van der Waals surface area (Å²) in [6, 6.07) is 22.4. The molecule has 2 amide bonds. The maximum absolute atomic E-state index is 13.3. The summed E-state index contributed by atoms with van der Waals surface area (Å²) < 4.78 is 30.7. The van der Waals surface area contributed by atoms with Crippen LogP contribution in [-0.4, -0.2) is 59.8 Å². The number of carbonyl (C=O) groups is 2. The van der Waals surface area contributed by atoms with Gasteiger partial charge in [0.15, 0.2) is 0 Å². The first-order valence-corrected chi connectivity index (χ1v) is 13.9. The average molecular weight is 565 g/mol. The number of benzene rings is 3. The van der Waals surface area contributed by atoms with Gasteiger partial charge in [-0.1, -0.05) is 30.3 Å². The van der Waals surface area contributed by atoms with Crippen molar-refractivity contribution < 1.29 is 23.1 Å². The van der Waals surface area contributed by atoms with E-state index in [0.29, 0.717) is 25.3 Å². The van der Waals surface area contributed by atoms with Crippen LogP contribution >= 0.6 is 9.24 Å². The number of hydrogen-bond donors (Lipinski definition) is 0. The minimum atomic E-state index is -3.33. The summed E-state index contributed by atoms with van der Waals surface area (Å²) >= 11 is 0. The third-order valence-corrected chi connectivity index (χ3v) is 8.27. The number of para-hydroxylation sites is 1. The summed E-state index contributed by atoms with van der Waals surface area (Å²) in [4.78, 5) is 34.6. The maximum Gasteiger partial charge on any atom is 0.408 e. The lowest BCUT2D eigenvalue weighted by Crippen LogP contribution is -2.56. The van der Waals surface area contributed by atoms with Gasteiger partial charge >= 0.3 is 5.85 Å². The van der Waals surface area contributed by atoms with Crippen molar-refractivity contribution in [3.8, 4) is 5.75 Å². The van der Waals surface area contributed by atoms with E-state index in [1.165, 1.54) is 21.4 Å². The number of rotatable bonds is 6. The van der Waals surface area contributed by atoms with Crippen molar-refractivity contribution in [2.75, 3.05) is 36.6 Å². The predicted molar refractivity (Wildman–Crippen MR) is 152 cm³/mol. The first-order chi connectivity index (χ1) is 19.1. The number of halogens is 2. The molecule has 3 heterocycles. The van der Waals surface area contributed by atoms with Crippen LogP contribution < -0.4 is 14.5 Å². The first kappa shape index (κ1) is 26.5. The monoisotopic (exact) mass is 564 g/mol. The molecule has 0 radical (unpaired) electrons. The number of hydrogen-bond acceptors (Lipinski definition) is 5. The first-order valence-electron chi connectivity index (χ1n) is 13.3. The second-order valence-corrected chi connectivity index (χ2v) is 11.4. The topological polar surface area (TPSA) is 56.3 Å². The molecule has 3 aliphatic rings. The van der Waals surface area contributed by atoms with Gasteiger partial charge in [0.1, 0.15) is 11.3 Å². The molecule has 2 fully saturated rings. The molecule has 7 nitrogen and oxygen atoms in total. The number of anilines is 2. The van der Waals surface area contributed by atoms with Crippen molar-refractivity contribution in [1.29, 1.82) is 0 Å². The van der Waals surface area contributed by atoms with E-state index < -0.39 is 11.4 Å². The smallest absolute Gasteiger partial charge is 0.408 e. The van der Waals surface area contributed by atoms with Gasteiger partial charge in [-0.25, -0.2) is 0 Å². The van der Waals surface area contributed by atoms with Crippen LogP contribution in [0.15, 0.2) is 72.8 Å². The molecule has 2 saturated heterocycles. The van der Waals surface area contributed by atoms with Gasteiger partial charge in [0.2, 0.25) is 5.91 Å². The van der Waals surface area contributed by atoms with E-state index in [-0.39, 0.29) is 17.6 Å². The lowest BCUT2D eigenvalue weighted by atomic mass is 9.85. The molecule has 1 atom stereocenters. The summed E-state index contributed by atoms with van der Waals surface area (Å²) in [5.74, 6) is -3.14. The lowest BCUT2D eigenvalue weighted by Gasteiger charge is -2.44. The zero-order valence-corrected chi connectivity index (χ0v) is 23.4. The Kier molecular flexibility index (Phi) is 6.65. The van der Waals surface area contributed by atoms with E-state index in [9.17, 15) is 18.4 Å². The van der Waals surface area contributed by atoms with Gasteiger partial charge in [0, 0.05) is 50.2 Å². The molecule has 0 aliphatic carbocycles. The van der Waals surface area contributed by atoms with Gasteiger partial charge in [0.25, 0.3) is 5.91 Å². The minimum Gasteiger partial charge on any atom is -0.430 e. The average Bonchev–Trinajstić information content (AvgIpc) is 3.38. The zero-order valence-electron chi connectivity index (χ0n) is 22.2. The summed E-state index contributed by atoms with van der Waals surface area (Å²) in [6.07, 6.45) is 1.44. The molecule has 6 rings (SSSR count). The Labute approximate surface area is 234 Å². The standard InChI is InChI=1S/C30H31F2N4O3P/c1-33-20-36(23-5-3-2-4-6-23)29(28(33)38)13-15-34(16-14-29)24-9-12-26-22(17-24)19-35(27(26)37)18-21-7-10-25(11-8-21)39-30(31,32)40/h2-12,17H,13-16,18-20,40H2,1H3. The van der Waals surface area contributed by atoms with Crippen molar-refractivity contribution in [2.45, 2.75) is 37.3 Å². The summed E-state index contributed by atoms with van der Waals surface area (Å²) in [6.45, 7) is 2.91. The fourth-order valence-corrected chi connectivity index (χ4v) is 6.31. The van der Waals surface area contributed by atoms with Crippen LogP contribution in [0.5, 0.6) is 5.75 Å². The van der Waals surface area contributed by atoms with Crippen LogP contribution in [0.4, 0.5) is 20.2 Å². The van der Waals surface area contributed by atoms with Crippen LogP contribution in [0.2, 0.25) is 0 Å². The quantitative estimate of drug-likeness (QED) is 0.398. The van der Waals surface area contributed by atoms with Gasteiger partial charge in [0.05, 0.1) is 6.67 Å².